The van der Waals surface area contributed by atoms with Gasteiger partial charge in [0.25, 0.3) is 5.91 Å². The Kier molecular flexibility index (Phi) is 5.45. The number of hydrogen-bond donors (Lipinski definition) is 0. The van der Waals surface area contributed by atoms with Crippen LogP contribution >= 0.6 is 11.3 Å². The van der Waals surface area contributed by atoms with Gasteiger partial charge in [0.15, 0.2) is 10.6 Å². The number of carbonyl (C=O) groups excluding carboxylic acids is 2. The van der Waals surface area contributed by atoms with Gasteiger partial charge in [0.05, 0.1) is 16.8 Å². The Labute approximate surface area is 156 Å². The van der Waals surface area contributed by atoms with Gasteiger partial charge in [0.1, 0.15) is 18.1 Å². The third kappa shape index (κ3) is 3.80. The lowest BCUT2D eigenvalue weighted by atomic mass is 10.3. The van der Waals surface area contributed by atoms with Crippen LogP contribution in [0.2, 0.25) is 0 Å². The van der Waals surface area contributed by atoms with Crippen molar-refractivity contribution in [2.75, 3.05) is 6.61 Å². The standard InChI is InChI=1S/C17H16F2N4O3S/c1-3-23-12(5-6-20-23)16(25)21-17-22(9-14(24)26-4-2)15-11(19)7-10(18)8-13(15)27-17/h5-8H,3-4,9H2,1-2H3. The first-order valence-electron chi connectivity index (χ1n) is 8.19. The summed E-state index contributed by atoms with van der Waals surface area (Å²) < 4.78 is 35.7. The van der Waals surface area contributed by atoms with Crippen molar-refractivity contribution in [2.24, 2.45) is 4.99 Å². The second kappa shape index (κ2) is 7.78. The Morgan fingerprint density at radius 2 is 2.07 bits per heavy atom. The Hall–Kier alpha value is -2.88. The highest BCUT2D eigenvalue weighted by Gasteiger charge is 2.18. The zero-order valence-electron chi connectivity index (χ0n) is 14.6. The number of rotatable bonds is 5. The molecule has 0 bridgehead atoms. The Bertz CT molecular complexity index is 1080. The van der Waals surface area contributed by atoms with Crippen molar-refractivity contribution in [1.82, 2.24) is 14.3 Å². The second-order valence-corrected chi connectivity index (χ2v) is 6.47. The minimum Gasteiger partial charge on any atom is -0.465 e. The molecule has 27 heavy (non-hydrogen) atoms. The smallest absolute Gasteiger partial charge is 0.326 e. The number of thiazole rings is 1. The first kappa shape index (κ1) is 18.9. The van der Waals surface area contributed by atoms with Crippen LogP contribution in [0.25, 0.3) is 10.2 Å². The molecule has 10 heteroatoms. The Balaban J connectivity index is 2.17. The van der Waals surface area contributed by atoms with Gasteiger partial charge >= 0.3 is 5.97 Å². The zero-order valence-corrected chi connectivity index (χ0v) is 15.4. The molecule has 3 rings (SSSR count). The van der Waals surface area contributed by atoms with E-state index in [-0.39, 0.29) is 33.9 Å². The Morgan fingerprint density at radius 3 is 2.78 bits per heavy atom. The number of ether oxygens (including phenoxy) is 1. The van der Waals surface area contributed by atoms with E-state index in [1.807, 2.05) is 6.92 Å². The average molecular weight is 394 g/mol. The predicted octanol–water partition coefficient (Wildman–Crippen LogP) is 2.50. The maximum Gasteiger partial charge on any atom is 0.326 e. The Morgan fingerprint density at radius 1 is 1.30 bits per heavy atom. The lowest BCUT2D eigenvalue weighted by Crippen LogP contribution is -2.24. The molecule has 0 radical (unpaired) electrons. The van der Waals surface area contributed by atoms with Crippen molar-refractivity contribution < 1.29 is 23.1 Å². The molecule has 2 aromatic heterocycles. The number of esters is 1. The highest BCUT2D eigenvalue weighted by atomic mass is 32.1. The first-order chi connectivity index (χ1) is 12.9. The molecule has 0 aliphatic carbocycles. The fourth-order valence-electron chi connectivity index (χ4n) is 2.61. The summed E-state index contributed by atoms with van der Waals surface area (Å²) in [7, 11) is 0. The molecule has 0 aliphatic heterocycles. The van der Waals surface area contributed by atoms with Gasteiger partial charge in [-0.1, -0.05) is 11.3 Å². The van der Waals surface area contributed by atoms with Crippen LogP contribution in [-0.4, -0.2) is 32.8 Å². The average Bonchev–Trinajstić information content (AvgIpc) is 3.20. The van der Waals surface area contributed by atoms with E-state index in [9.17, 15) is 18.4 Å². The first-order valence-corrected chi connectivity index (χ1v) is 9.01. The van der Waals surface area contributed by atoms with Crippen LogP contribution in [0, 0.1) is 11.6 Å². The number of hydrogen-bond acceptors (Lipinski definition) is 5. The number of aryl methyl sites for hydroxylation is 1. The molecule has 1 aromatic carbocycles. The van der Waals surface area contributed by atoms with E-state index in [4.69, 9.17) is 4.74 Å². The molecule has 0 aliphatic rings. The summed E-state index contributed by atoms with van der Waals surface area (Å²) in [4.78, 5) is 28.5. The maximum absolute atomic E-state index is 14.3. The number of fused-ring (bicyclic) bond motifs is 1. The fourth-order valence-corrected chi connectivity index (χ4v) is 3.67. The molecule has 0 saturated carbocycles. The van der Waals surface area contributed by atoms with Crippen molar-refractivity contribution in [3.8, 4) is 0 Å². The van der Waals surface area contributed by atoms with Crippen LogP contribution in [-0.2, 0) is 22.6 Å². The quantitative estimate of drug-likeness (QED) is 0.623. The molecule has 2 heterocycles. The van der Waals surface area contributed by atoms with Gasteiger partial charge in [-0.3, -0.25) is 14.3 Å². The summed E-state index contributed by atoms with van der Waals surface area (Å²) >= 11 is 0.909. The highest BCUT2D eigenvalue weighted by molar-refractivity contribution is 7.16. The number of aromatic nitrogens is 3. The minimum absolute atomic E-state index is 0.00926. The molecule has 142 valence electrons. The molecule has 7 nitrogen and oxygen atoms in total. The molecule has 0 fully saturated rings. The summed E-state index contributed by atoms with van der Waals surface area (Å²) in [6.45, 7) is 3.74. The van der Waals surface area contributed by atoms with Crippen molar-refractivity contribution >= 4 is 33.4 Å². The number of nitrogens with zero attached hydrogens (tertiary/aromatic N) is 4. The lowest BCUT2D eigenvalue weighted by molar-refractivity contribution is -0.143. The molecule has 0 N–H and O–H groups in total. The van der Waals surface area contributed by atoms with Gasteiger partial charge < -0.3 is 9.30 Å². The van der Waals surface area contributed by atoms with Gasteiger partial charge in [-0.15, -0.1) is 0 Å². The van der Waals surface area contributed by atoms with Gasteiger partial charge in [-0.2, -0.15) is 10.1 Å². The number of amides is 1. The lowest BCUT2D eigenvalue weighted by Gasteiger charge is -2.06. The third-order valence-electron chi connectivity index (χ3n) is 3.72. The third-order valence-corrected chi connectivity index (χ3v) is 4.75. The highest BCUT2D eigenvalue weighted by Crippen LogP contribution is 2.22. The summed E-state index contributed by atoms with van der Waals surface area (Å²) in [5, 5.41) is 4.01. The number of benzene rings is 1. The van der Waals surface area contributed by atoms with E-state index < -0.39 is 23.5 Å². The van der Waals surface area contributed by atoms with Crippen molar-refractivity contribution in [2.45, 2.75) is 26.9 Å². The van der Waals surface area contributed by atoms with Crippen molar-refractivity contribution in [3.63, 3.8) is 0 Å². The molecule has 0 spiro atoms. The van der Waals surface area contributed by atoms with Crippen LogP contribution in [0.3, 0.4) is 0 Å². The van der Waals surface area contributed by atoms with Crippen LogP contribution in [0.1, 0.15) is 24.3 Å². The van der Waals surface area contributed by atoms with E-state index in [1.54, 1.807) is 6.92 Å². The van der Waals surface area contributed by atoms with Gasteiger partial charge in [-0.25, -0.2) is 8.78 Å². The largest absolute Gasteiger partial charge is 0.465 e. The molecule has 3 aromatic rings. The minimum atomic E-state index is -0.849. The van der Waals surface area contributed by atoms with Gasteiger partial charge in [0, 0.05) is 18.8 Å². The summed E-state index contributed by atoms with van der Waals surface area (Å²) in [5.74, 6) is -2.82. The SMILES string of the molecule is CCOC(=O)Cn1c(=NC(=O)c2ccnn2CC)sc2cc(F)cc(F)c21. The van der Waals surface area contributed by atoms with Gasteiger partial charge in [0.2, 0.25) is 0 Å². The summed E-state index contributed by atoms with van der Waals surface area (Å²) in [6, 6.07) is 3.36. The second-order valence-electron chi connectivity index (χ2n) is 5.46. The predicted molar refractivity (Wildman–Crippen MR) is 94.2 cm³/mol. The zero-order chi connectivity index (χ0) is 19.6. The number of halogens is 2. The fraction of sp³-hybridized carbons (Fsp3) is 0.294. The van der Waals surface area contributed by atoms with Crippen molar-refractivity contribution in [3.05, 3.63) is 46.5 Å². The topological polar surface area (TPSA) is 78.5 Å². The van der Waals surface area contributed by atoms with E-state index >= 15 is 0 Å². The maximum atomic E-state index is 14.3. The van der Waals surface area contributed by atoms with Crippen LogP contribution < -0.4 is 4.80 Å². The molecule has 0 saturated heterocycles. The van der Waals surface area contributed by atoms with Crippen LogP contribution in [0.15, 0.2) is 29.4 Å². The van der Waals surface area contributed by atoms with Crippen LogP contribution in [0.4, 0.5) is 8.78 Å². The monoisotopic (exact) mass is 394 g/mol. The van der Waals surface area contributed by atoms with Gasteiger partial charge in [-0.05, 0) is 26.0 Å². The molecule has 1 amide bonds. The molecule has 0 unspecified atom stereocenters. The van der Waals surface area contributed by atoms with E-state index in [1.165, 1.54) is 21.5 Å². The molecular formula is C17H16F2N4O3S. The molecular weight excluding hydrogens is 378 g/mol. The van der Waals surface area contributed by atoms with Crippen molar-refractivity contribution in [1.29, 1.82) is 0 Å². The van der Waals surface area contributed by atoms with E-state index in [2.05, 4.69) is 10.1 Å². The van der Waals surface area contributed by atoms with E-state index in [0.29, 0.717) is 12.6 Å². The molecule has 0 atom stereocenters. The number of carbonyl (C=O) groups is 2. The summed E-state index contributed by atoms with van der Waals surface area (Å²) in [5.41, 5.74) is 0.245. The summed E-state index contributed by atoms with van der Waals surface area (Å²) in [6.07, 6.45) is 1.47. The van der Waals surface area contributed by atoms with E-state index in [0.717, 1.165) is 17.4 Å². The normalized spacial score (nSPS) is 11.9. The van der Waals surface area contributed by atoms with Crippen LogP contribution in [0.5, 0.6) is 0 Å².